The molecule has 0 aliphatic heterocycles. The standard InChI is InChI=1S/C21H20BrCl2N3O2/c1-4-5-19-26-18-7-6-14(22)10-15(18)21(28)27(19)25-11-13-8-16(23)20(17(24)9-13)29-12(2)3/h6-12H,4-5H2,1-3H3. The summed E-state index contributed by atoms with van der Waals surface area (Å²) >= 11 is 16.0. The third kappa shape index (κ3) is 5.00. The van der Waals surface area contributed by atoms with E-state index in [9.17, 15) is 4.79 Å². The summed E-state index contributed by atoms with van der Waals surface area (Å²) in [5.74, 6) is 1.03. The van der Waals surface area contributed by atoms with E-state index in [1.54, 1.807) is 24.4 Å². The van der Waals surface area contributed by atoms with Crippen LogP contribution in [0.15, 0.2) is 44.7 Å². The Kier molecular flexibility index (Phi) is 6.98. The van der Waals surface area contributed by atoms with Crippen molar-refractivity contribution in [1.82, 2.24) is 9.66 Å². The van der Waals surface area contributed by atoms with Gasteiger partial charge in [0.2, 0.25) is 0 Å². The van der Waals surface area contributed by atoms with Crippen molar-refractivity contribution < 1.29 is 4.74 Å². The maximum absolute atomic E-state index is 13.0. The monoisotopic (exact) mass is 495 g/mol. The van der Waals surface area contributed by atoms with Gasteiger partial charge in [-0.25, -0.2) is 4.98 Å². The molecule has 0 radical (unpaired) electrons. The number of halogens is 3. The van der Waals surface area contributed by atoms with E-state index >= 15 is 0 Å². The van der Waals surface area contributed by atoms with Crippen molar-refractivity contribution in [2.75, 3.05) is 0 Å². The average molecular weight is 497 g/mol. The number of aromatic nitrogens is 2. The predicted molar refractivity (Wildman–Crippen MR) is 123 cm³/mol. The molecule has 2 aromatic carbocycles. The van der Waals surface area contributed by atoms with E-state index in [0.717, 1.165) is 10.9 Å². The fourth-order valence-corrected chi connectivity index (χ4v) is 3.78. The van der Waals surface area contributed by atoms with Gasteiger partial charge < -0.3 is 4.74 Å². The molecule has 0 fully saturated rings. The number of fused-ring (bicyclic) bond motifs is 1. The number of nitrogens with zero attached hydrogens (tertiary/aromatic N) is 3. The maximum Gasteiger partial charge on any atom is 0.282 e. The molecule has 0 unspecified atom stereocenters. The smallest absolute Gasteiger partial charge is 0.282 e. The Morgan fingerprint density at radius 1 is 1.24 bits per heavy atom. The topological polar surface area (TPSA) is 56.5 Å². The zero-order valence-corrected chi connectivity index (χ0v) is 19.3. The van der Waals surface area contributed by atoms with Gasteiger partial charge in [-0.3, -0.25) is 4.79 Å². The molecule has 3 aromatic rings. The Morgan fingerprint density at radius 2 is 1.93 bits per heavy atom. The van der Waals surface area contributed by atoms with Gasteiger partial charge in [0.15, 0.2) is 5.75 Å². The van der Waals surface area contributed by atoms with E-state index in [2.05, 4.69) is 26.0 Å². The zero-order chi connectivity index (χ0) is 21.1. The molecule has 0 spiro atoms. The highest BCUT2D eigenvalue weighted by Gasteiger charge is 2.12. The van der Waals surface area contributed by atoms with Gasteiger partial charge in [0, 0.05) is 10.9 Å². The number of ether oxygens (including phenoxy) is 1. The van der Waals surface area contributed by atoms with Crippen molar-refractivity contribution in [2.45, 2.75) is 39.7 Å². The van der Waals surface area contributed by atoms with E-state index in [4.69, 9.17) is 27.9 Å². The molecule has 5 nitrogen and oxygen atoms in total. The lowest BCUT2D eigenvalue weighted by Gasteiger charge is -2.13. The third-order valence-electron chi connectivity index (χ3n) is 4.05. The summed E-state index contributed by atoms with van der Waals surface area (Å²) in [4.78, 5) is 17.6. The second-order valence-corrected chi connectivity index (χ2v) is 8.51. The van der Waals surface area contributed by atoms with E-state index in [1.807, 2.05) is 32.9 Å². The van der Waals surface area contributed by atoms with Gasteiger partial charge in [-0.15, -0.1) is 0 Å². The first-order valence-electron chi connectivity index (χ1n) is 9.21. The van der Waals surface area contributed by atoms with E-state index in [-0.39, 0.29) is 11.7 Å². The molecule has 1 aromatic heterocycles. The van der Waals surface area contributed by atoms with Gasteiger partial charge >= 0.3 is 0 Å². The molecule has 1 heterocycles. The molecule has 8 heteroatoms. The van der Waals surface area contributed by atoms with Crippen LogP contribution in [0.5, 0.6) is 5.75 Å². The first-order valence-corrected chi connectivity index (χ1v) is 10.8. The van der Waals surface area contributed by atoms with E-state index in [1.165, 1.54) is 4.68 Å². The van der Waals surface area contributed by atoms with E-state index < -0.39 is 0 Å². The number of rotatable bonds is 6. The van der Waals surface area contributed by atoms with Crippen molar-refractivity contribution in [2.24, 2.45) is 5.10 Å². The van der Waals surface area contributed by atoms with Gasteiger partial charge in [0.05, 0.1) is 33.3 Å². The molecule has 29 heavy (non-hydrogen) atoms. The van der Waals surface area contributed by atoms with Crippen LogP contribution in [0.25, 0.3) is 10.9 Å². The molecular weight excluding hydrogens is 477 g/mol. The summed E-state index contributed by atoms with van der Waals surface area (Å²) in [6.07, 6.45) is 2.95. The summed E-state index contributed by atoms with van der Waals surface area (Å²) in [5.41, 5.74) is 1.07. The van der Waals surface area contributed by atoms with Crippen LogP contribution in [-0.4, -0.2) is 22.0 Å². The minimum atomic E-state index is -0.229. The lowest BCUT2D eigenvalue weighted by molar-refractivity contribution is 0.243. The van der Waals surface area contributed by atoms with Gasteiger partial charge in [-0.2, -0.15) is 9.78 Å². The fraction of sp³-hybridized carbons (Fsp3) is 0.286. The van der Waals surface area contributed by atoms with Gasteiger partial charge in [0.1, 0.15) is 5.82 Å². The third-order valence-corrected chi connectivity index (χ3v) is 5.10. The Morgan fingerprint density at radius 3 is 2.55 bits per heavy atom. The van der Waals surface area contributed by atoms with Crippen LogP contribution in [0.1, 0.15) is 38.6 Å². The minimum Gasteiger partial charge on any atom is -0.488 e. The van der Waals surface area contributed by atoms with Crippen LogP contribution < -0.4 is 10.3 Å². The molecular formula is C21H20BrCl2N3O2. The van der Waals surface area contributed by atoms with Crippen molar-refractivity contribution in [3.63, 3.8) is 0 Å². The van der Waals surface area contributed by atoms with Crippen LogP contribution >= 0.6 is 39.1 Å². The molecule has 0 bridgehead atoms. The number of aryl methyl sites for hydroxylation is 1. The Labute approximate surface area is 187 Å². The normalized spacial score (nSPS) is 11.7. The molecule has 0 aliphatic carbocycles. The highest BCUT2D eigenvalue weighted by molar-refractivity contribution is 9.10. The fourth-order valence-electron chi connectivity index (χ4n) is 2.83. The van der Waals surface area contributed by atoms with Gasteiger partial charge in [-0.1, -0.05) is 46.1 Å². The van der Waals surface area contributed by atoms with E-state index in [0.29, 0.717) is 44.5 Å². The largest absolute Gasteiger partial charge is 0.488 e. The second-order valence-electron chi connectivity index (χ2n) is 6.78. The zero-order valence-electron chi connectivity index (χ0n) is 16.2. The second kappa shape index (κ2) is 9.28. The molecule has 0 aliphatic rings. The molecule has 0 saturated heterocycles. The average Bonchev–Trinajstić information content (AvgIpc) is 2.65. The molecule has 152 valence electrons. The number of hydrogen-bond donors (Lipinski definition) is 0. The Hall–Kier alpha value is -1.89. The van der Waals surface area contributed by atoms with Crippen LogP contribution in [0.3, 0.4) is 0 Å². The molecule has 0 amide bonds. The summed E-state index contributed by atoms with van der Waals surface area (Å²) in [7, 11) is 0. The first-order chi connectivity index (χ1) is 13.8. The van der Waals surface area contributed by atoms with Crippen molar-refractivity contribution >= 4 is 56.2 Å². The molecule has 3 rings (SSSR count). The van der Waals surface area contributed by atoms with Crippen LogP contribution in [-0.2, 0) is 6.42 Å². The Balaban J connectivity index is 2.07. The molecule has 0 saturated carbocycles. The van der Waals surface area contributed by atoms with Crippen molar-refractivity contribution in [3.8, 4) is 5.75 Å². The SMILES string of the molecule is CCCc1nc2ccc(Br)cc2c(=O)n1N=Cc1cc(Cl)c(OC(C)C)c(Cl)c1. The highest BCUT2D eigenvalue weighted by atomic mass is 79.9. The lowest BCUT2D eigenvalue weighted by Crippen LogP contribution is -2.22. The molecule has 0 atom stereocenters. The van der Waals surface area contributed by atoms with Crippen molar-refractivity contribution in [3.05, 3.63) is 66.6 Å². The Bertz CT molecular complexity index is 1120. The van der Waals surface area contributed by atoms with Gasteiger partial charge in [0.25, 0.3) is 5.56 Å². The quantitative estimate of drug-likeness (QED) is 0.388. The summed E-state index contributed by atoms with van der Waals surface area (Å²) in [6, 6.07) is 8.83. The minimum absolute atomic E-state index is 0.0531. The van der Waals surface area contributed by atoms with Crippen LogP contribution in [0, 0.1) is 0 Å². The predicted octanol–water partition coefficient (Wildman–Crippen LogP) is 6.09. The summed E-state index contributed by atoms with van der Waals surface area (Å²) in [5, 5.41) is 5.65. The molecule has 0 N–H and O–H groups in total. The number of benzene rings is 2. The maximum atomic E-state index is 13.0. The number of hydrogen-bond acceptors (Lipinski definition) is 4. The lowest BCUT2D eigenvalue weighted by atomic mass is 10.2. The first kappa shape index (κ1) is 21.8. The summed E-state index contributed by atoms with van der Waals surface area (Å²) < 4.78 is 7.78. The van der Waals surface area contributed by atoms with Crippen LogP contribution in [0.4, 0.5) is 0 Å². The summed E-state index contributed by atoms with van der Waals surface area (Å²) in [6.45, 7) is 5.82. The van der Waals surface area contributed by atoms with Crippen LogP contribution in [0.2, 0.25) is 10.0 Å². The highest BCUT2D eigenvalue weighted by Crippen LogP contribution is 2.34. The van der Waals surface area contributed by atoms with Gasteiger partial charge in [-0.05, 0) is 56.2 Å². The van der Waals surface area contributed by atoms with Crippen molar-refractivity contribution in [1.29, 1.82) is 0 Å².